The van der Waals surface area contributed by atoms with Crippen molar-refractivity contribution in [1.82, 2.24) is 24.2 Å². The van der Waals surface area contributed by atoms with Gasteiger partial charge in [0.15, 0.2) is 5.65 Å². The summed E-state index contributed by atoms with van der Waals surface area (Å²) in [6.45, 7) is 2.90. The first-order chi connectivity index (χ1) is 13.2. The van der Waals surface area contributed by atoms with Gasteiger partial charge in [-0.3, -0.25) is 14.2 Å². The van der Waals surface area contributed by atoms with Crippen LogP contribution in [0.3, 0.4) is 0 Å². The zero-order valence-electron chi connectivity index (χ0n) is 15.4. The van der Waals surface area contributed by atoms with Gasteiger partial charge in [-0.15, -0.1) is 0 Å². The molecule has 3 heterocycles. The van der Waals surface area contributed by atoms with Crippen LogP contribution in [0.5, 0.6) is 0 Å². The van der Waals surface area contributed by atoms with Crippen molar-refractivity contribution in [3.8, 4) is 5.69 Å². The second kappa shape index (κ2) is 7.34. The van der Waals surface area contributed by atoms with Gasteiger partial charge < -0.3 is 4.90 Å². The summed E-state index contributed by atoms with van der Waals surface area (Å²) in [5.41, 5.74) is 1.10. The monoisotopic (exact) mass is 365 g/mol. The van der Waals surface area contributed by atoms with Crippen LogP contribution < -0.4 is 5.56 Å². The van der Waals surface area contributed by atoms with E-state index in [-0.39, 0.29) is 24.1 Å². The van der Waals surface area contributed by atoms with Crippen LogP contribution in [-0.2, 0) is 11.3 Å². The molecule has 1 saturated heterocycles. The number of rotatable bonds is 4. The molecule has 1 amide bonds. The summed E-state index contributed by atoms with van der Waals surface area (Å²) in [4.78, 5) is 31.9. The molecule has 1 aliphatic heterocycles. The lowest BCUT2D eigenvalue weighted by Crippen LogP contribution is -2.45. The molecule has 1 fully saturated rings. The number of likely N-dealkylation sites (tertiary alicyclic amines) is 1. The van der Waals surface area contributed by atoms with Crippen LogP contribution in [0, 0.1) is 0 Å². The minimum absolute atomic E-state index is 0.0137. The lowest BCUT2D eigenvalue weighted by Gasteiger charge is -2.35. The molecule has 1 unspecified atom stereocenters. The van der Waals surface area contributed by atoms with E-state index in [4.69, 9.17) is 0 Å². The van der Waals surface area contributed by atoms with Crippen LogP contribution in [-0.4, -0.2) is 42.7 Å². The zero-order chi connectivity index (χ0) is 18.8. The Balaban J connectivity index is 1.63. The molecule has 0 radical (unpaired) electrons. The number of hydrogen-bond acceptors (Lipinski definition) is 4. The average Bonchev–Trinajstić information content (AvgIpc) is 3.15. The fraction of sp³-hybridized carbons (Fsp3) is 0.400. The summed E-state index contributed by atoms with van der Waals surface area (Å²) in [6.07, 6.45) is 7.15. The van der Waals surface area contributed by atoms with Gasteiger partial charge in [-0.05, 0) is 37.8 Å². The zero-order valence-corrected chi connectivity index (χ0v) is 15.4. The first kappa shape index (κ1) is 17.5. The lowest BCUT2D eigenvalue weighted by atomic mass is 10.00. The molecule has 2 aromatic heterocycles. The molecule has 140 valence electrons. The molecule has 0 bridgehead atoms. The number of para-hydroxylation sites is 1. The van der Waals surface area contributed by atoms with E-state index in [1.807, 2.05) is 35.2 Å². The fourth-order valence-electron chi connectivity index (χ4n) is 3.81. The Morgan fingerprint density at radius 1 is 1.22 bits per heavy atom. The van der Waals surface area contributed by atoms with Crippen molar-refractivity contribution in [3.63, 3.8) is 0 Å². The minimum atomic E-state index is -0.236. The molecule has 0 spiro atoms. The lowest BCUT2D eigenvalue weighted by molar-refractivity contribution is -0.135. The predicted octanol–water partition coefficient (Wildman–Crippen LogP) is 2.37. The molecular formula is C20H23N5O2. The van der Waals surface area contributed by atoms with Crippen LogP contribution in [0.2, 0.25) is 0 Å². The van der Waals surface area contributed by atoms with Gasteiger partial charge in [0.25, 0.3) is 5.56 Å². The molecule has 7 nitrogen and oxygen atoms in total. The minimum Gasteiger partial charge on any atom is -0.338 e. The van der Waals surface area contributed by atoms with Gasteiger partial charge in [0, 0.05) is 12.6 Å². The largest absolute Gasteiger partial charge is 0.338 e. The molecule has 1 atom stereocenters. The molecular weight excluding hydrogens is 342 g/mol. The Hall–Kier alpha value is -2.96. The molecule has 0 saturated carbocycles. The highest BCUT2D eigenvalue weighted by Gasteiger charge is 2.25. The van der Waals surface area contributed by atoms with Gasteiger partial charge in [0.2, 0.25) is 5.91 Å². The van der Waals surface area contributed by atoms with Gasteiger partial charge in [0.05, 0.1) is 11.9 Å². The summed E-state index contributed by atoms with van der Waals surface area (Å²) in [5.74, 6) is -0.0137. The quantitative estimate of drug-likeness (QED) is 0.711. The summed E-state index contributed by atoms with van der Waals surface area (Å²) in [6, 6.07) is 9.83. The Kier molecular flexibility index (Phi) is 4.75. The number of amides is 1. The maximum atomic E-state index is 12.8. The summed E-state index contributed by atoms with van der Waals surface area (Å²) >= 11 is 0. The number of nitrogens with zero attached hydrogens (tertiary/aromatic N) is 5. The maximum absolute atomic E-state index is 12.8. The molecule has 4 rings (SSSR count). The van der Waals surface area contributed by atoms with Gasteiger partial charge in [-0.1, -0.05) is 25.1 Å². The number of carbonyl (C=O) groups is 1. The molecule has 27 heavy (non-hydrogen) atoms. The van der Waals surface area contributed by atoms with E-state index in [0.717, 1.165) is 37.9 Å². The third kappa shape index (κ3) is 3.25. The second-order valence-corrected chi connectivity index (χ2v) is 6.95. The number of piperidine rings is 1. The first-order valence-electron chi connectivity index (χ1n) is 9.47. The number of hydrogen-bond donors (Lipinski definition) is 0. The topological polar surface area (TPSA) is 73.0 Å². The van der Waals surface area contributed by atoms with E-state index in [1.54, 1.807) is 4.68 Å². The smallest absolute Gasteiger partial charge is 0.264 e. The Bertz CT molecular complexity index is 1010. The third-order valence-electron chi connectivity index (χ3n) is 5.28. The summed E-state index contributed by atoms with van der Waals surface area (Å²) in [5, 5.41) is 4.72. The van der Waals surface area contributed by atoms with Crippen LogP contribution in [0.1, 0.15) is 32.6 Å². The van der Waals surface area contributed by atoms with Crippen molar-refractivity contribution in [2.24, 2.45) is 0 Å². The summed E-state index contributed by atoms with van der Waals surface area (Å²) < 4.78 is 3.03. The van der Waals surface area contributed by atoms with E-state index in [0.29, 0.717) is 11.0 Å². The SMILES string of the molecule is CCC1CCCCN1C(=O)Cn1cnc2c(cnn2-c2ccccc2)c1=O. The number of fused-ring (bicyclic) bond motifs is 1. The van der Waals surface area contributed by atoms with Crippen molar-refractivity contribution < 1.29 is 4.79 Å². The summed E-state index contributed by atoms with van der Waals surface area (Å²) in [7, 11) is 0. The molecule has 1 aliphatic rings. The van der Waals surface area contributed by atoms with E-state index < -0.39 is 0 Å². The van der Waals surface area contributed by atoms with Crippen molar-refractivity contribution in [2.75, 3.05) is 6.54 Å². The van der Waals surface area contributed by atoms with E-state index in [1.165, 1.54) is 17.1 Å². The normalized spacial score (nSPS) is 17.4. The highest BCUT2D eigenvalue weighted by atomic mass is 16.2. The third-order valence-corrected chi connectivity index (χ3v) is 5.28. The van der Waals surface area contributed by atoms with Crippen molar-refractivity contribution in [2.45, 2.75) is 45.2 Å². The van der Waals surface area contributed by atoms with Crippen LogP contribution in [0.25, 0.3) is 16.7 Å². The van der Waals surface area contributed by atoms with Crippen LogP contribution in [0.4, 0.5) is 0 Å². The van der Waals surface area contributed by atoms with Gasteiger partial charge in [-0.2, -0.15) is 5.10 Å². The molecule has 0 N–H and O–H groups in total. The highest BCUT2D eigenvalue weighted by Crippen LogP contribution is 2.20. The standard InChI is InChI=1S/C20H23N5O2/c1-2-15-8-6-7-11-24(15)18(26)13-23-14-21-19-17(20(23)27)12-22-25(19)16-9-4-3-5-10-16/h3-5,9-10,12,14-15H,2,6-8,11,13H2,1H3. The molecule has 3 aromatic rings. The average molecular weight is 365 g/mol. The fourth-order valence-corrected chi connectivity index (χ4v) is 3.81. The van der Waals surface area contributed by atoms with E-state index in [2.05, 4.69) is 17.0 Å². The maximum Gasteiger partial charge on any atom is 0.264 e. The van der Waals surface area contributed by atoms with Crippen molar-refractivity contribution in [1.29, 1.82) is 0 Å². The van der Waals surface area contributed by atoms with E-state index >= 15 is 0 Å². The number of carbonyl (C=O) groups excluding carboxylic acids is 1. The second-order valence-electron chi connectivity index (χ2n) is 6.95. The predicted molar refractivity (Wildman–Crippen MR) is 103 cm³/mol. The number of benzene rings is 1. The molecule has 0 aliphatic carbocycles. The Morgan fingerprint density at radius 3 is 2.81 bits per heavy atom. The highest BCUT2D eigenvalue weighted by molar-refractivity contribution is 5.78. The van der Waals surface area contributed by atoms with Gasteiger partial charge >= 0.3 is 0 Å². The van der Waals surface area contributed by atoms with Crippen molar-refractivity contribution in [3.05, 3.63) is 53.2 Å². The van der Waals surface area contributed by atoms with Gasteiger partial charge in [-0.25, -0.2) is 9.67 Å². The Morgan fingerprint density at radius 2 is 2.04 bits per heavy atom. The first-order valence-corrected chi connectivity index (χ1v) is 9.47. The van der Waals surface area contributed by atoms with E-state index in [9.17, 15) is 9.59 Å². The van der Waals surface area contributed by atoms with Crippen molar-refractivity contribution >= 4 is 16.9 Å². The molecule has 7 heteroatoms. The Labute approximate surface area is 157 Å². The number of aromatic nitrogens is 4. The molecule has 1 aromatic carbocycles. The van der Waals surface area contributed by atoms with Crippen LogP contribution in [0.15, 0.2) is 47.7 Å². The van der Waals surface area contributed by atoms with Gasteiger partial charge in [0.1, 0.15) is 18.3 Å². The van der Waals surface area contributed by atoms with Crippen LogP contribution >= 0.6 is 0 Å².